The Labute approximate surface area is 196 Å². The number of hydrogen-bond donors (Lipinski definition) is 2. The first-order valence-electron chi connectivity index (χ1n) is 12.4. The van der Waals surface area contributed by atoms with Crippen LogP contribution in [0.15, 0.2) is 48.5 Å². The van der Waals surface area contributed by atoms with Crippen molar-refractivity contribution in [2.24, 2.45) is 11.8 Å². The number of fused-ring (bicyclic) bond motifs is 3. The Morgan fingerprint density at radius 1 is 1.03 bits per heavy atom. The molecule has 0 amide bonds. The number of nitrogens with zero attached hydrogens (tertiary/aromatic N) is 3. The smallest absolute Gasteiger partial charge is 0.152 e. The van der Waals surface area contributed by atoms with Gasteiger partial charge in [0.05, 0.1) is 11.0 Å². The molecule has 0 unspecified atom stereocenters. The number of benzene rings is 2. The van der Waals surface area contributed by atoms with E-state index in [0.29, 0.717) is 5.82 Å². The van der Waals surface area contributed by atoms with Crippen LogP contribution in [0.2, 0.25) is 0 Å². The lowest BCUT2D eigenvalue weighted by Gasteiger charge is -2.32. The second-order valence-corrected chi connectivity index (χ2v) is 9.82. The predicted molar refractivity (Wildman–Crippen MR) is 137 cm³/mol. The molecule has 0 bridgehead atoms. The largest absolute Gasteiger partial charge is 0.382 e. The minimum atomic E-state index is 0.516. The number of anilines is 1. The highest BCUT2D eigenvalue weighted by Crippen LogP contribution is 2.32. The third-order valence-corrected chi connectivity index (χ3v) is 7.04. The molecule has 5 rings (SSSR count). The molecule has 5 nitrogen and oxygen atoms in total. The summed E-state index contributed by atoms with van der Waals surface area (Å²) in [5.41, 5.74) is 11.8. The van der Waals surface area contributed by atoms with Gasteiger partial charge >= 0.3 is 0 Å². The van der Waals surface area contributed by atoms with E-state index in [1.165, 1.54) is 24.0 Å². The van der Waals surface area contributed by atoms with Crippen molar-refractivity contribution in [3.8, 4) is 0 Å². The van der Waals surface area contributed by atoms with E-state index < -0.39 is 0 Å². The Bertz CT molecular complexity index is 1230. The average Bonchev–Trinajstić information content (AvgIpc) is 3.16. The minimum absolute atomic E-state index is 0.516. The van der Waals surface area contributed by atoms with E-state index >= 15 is 0 Å². The van der Waals surface area contributed by atoms with E-state index in [1.807, 2.05) is 12.1 Å². The topological polar surface area (TPSA) is 68.8 Å². The summed E-state index contributed by atoms with van der Waals surface area (Å²) in [6.07, 6.45) is 5.94. The van der Waals surface area contributed by atoms with Gasteiger partial charge in [0.2, 0.25) is 0 Å². The van der Waals surface area contributed by atoms with Crippen molar-refractivity contribution in [3.63, 3.8) is 0 Å². The molecule has 5 heteroatoms. The van der Waals surface area contributed by atoms with Crippen LogP contribution in [0.25, 0.3) is 21.9 Å². The Morgan fingerprint density at radius 3 is 2.55 bits per heavy atom. The van der Waals surface area contributed by atoms with Gasteiger partial charge in [0.15, 0.2) is 5.82 Å². The van der Waals surface area contributed by atoms with Gasteiger partial charge in [0.25, 0.3) is 0 Å². The van der Waals surface area contributed by atoms with Gasteiger partial charge in [-0.05, 0) is 54.8 Å². The molecule has 2 aromatic carbocycles. The number of nitrogens with two attached hydrogens (primary N) is 1. The molecule has 3 N–H and O–H groups in total. The quantitative estimate of drug-likeness (QED) is 0.350. The molecule has 0 radical (unpaired) electrons. The highest BCUT2D eigenvalue weighted by Gasteiger charge is 2.24. The lowest BCUT2D eigenvalue weighted by atomic mass is 9.76. The number of para-hydroxylation sites is 1. The van der Waals surface area contributed by atoms with E-state index in [1.54, 1.807) is 0 Å². The van der Waals surface area contributed by atoms with Crippen molar-refractivity contribution in [2.75, 3.05) is 12.3 Å². The van der Waals surface area contributed by atoms with Crippen LogP contribution in [0.1, 0.15) is 56.5 Å². The number of hydrogen-bond acceptors (Lipinski definition) is 4. The first-order chi connectivity index (χ1) is 16.1. The molecule has 0 spiro atoms. The zero-order valence-corrected chi connectivity index (χ0v) is 19.8. The van der Waals surface area contributed by atoms with Crippen LogP contribution in [-0.2, 0) is 19.5 Å². The summed E-state index contributed by atoms with van der Waals surface area (Å²) in [5.74, 6) is 3.40. The normalized spacial score (nSPS) is 18.1. The number of pyridine rings is 1. The summed E-state index contributed by atoms with van der Waals surface area (Å²) in [5, 5.41) is 4.75. The van der Waals surface area contributed by atoms with Crippen LogP contribution in [0.4, 0.5) is 5.82 Å². The fraction of sp³-hybridized carbons (Fsp3) is 0.429. The van der Waals surface area contributed by atoms with E-state index in [0.717, 1.165) is 78.5 Å². The zero-order chi connectivity index (χ0) is 22.8. The van der Waals surface area contributed by atoms with Gasteiger partial charge in [-0.3, -0.25) is 0 Å². The molecule has 0 aliphatic heterocycles. The van der Waals surface area contributed by atoms with Gasteiger partial charge in [-0.2, -0.15) is 0 Å². The maximum atomic E-state index is 6.34. The maximum Gasteiger partial charge on any atom is 0.152 e. The molecule has 2 aromatic heterocycles. The van der Waals surface area contributed by atoms with Gasteiger partial charge in [-0.15, -0.1) is 0 Å². The standard InChI is InChI=1S/C28H35N5/c1-3-4-9-25-32-26-27(23-7-5-6-8-24(23)31-28(26)29)33(25)18-21-12-10-20(11-13-21)16-30-17-22-14-19(2)15-22/h5-8,10-13,19,22,30H,3-4,9,14-18H2,1-2H3,(H2,29,31). The van der Waals surface area contributed by atoms with Crippen LogP contribution in [0.3, 0.4) is 0 Å². The molecule has 1 saturated carbocycles. The number of aromatic nitrogens is 3. The predicted octanol–water partition coefficient (Wildman–Crippen LogP) is 5.69. The molecule has 4 aromatic rings. The number of unbranched alkanes of at least 4 members (excludes halogenated alkanes) is 1. The van der Waals surface area contributed by atoms with Crippen molar-refractivity contribution < 1.29 is 0 Å². The van der Waals surface area contributed by atoms with E-state index in [2.05, 4.69) is 65.1 Å². The number of aryl methyl sites for hydroxylation is 1. The summed E-state index contributed by atoms with van der Waals surface area (Å²) < 4.78 is 2.36. The van der Waals surface area contributed by atoms with E-state index in [4.69, 9.17) is 10.7 Å². The summed E-state index contributed by atoms with van der Waals surface area (Å²) in [6, 6.07) is 17.3. The van der Waals surface area contributed by atoms with Crippen molar-refractivity contribution >= 4 is 27.8 Å². The Hall–Kier alpha value is -2.92. The summed E-state index contributed by atoms with van der Waals surface area (Å²) in [7, 11) is 0. The second-order valence-electron chi connectivity index (χ2n) is 9.82. The van der Waals surface area contributed by atoms with E-state index in [9.17, 15) is 0 Å². The monoisotopic (exact) mass is 441 g/mol. The first-order valence-corrected chi connectivity index (χ1v) is 12.4. The van der Waals surface area contributed by atoms with Crippen LogP contribution in [0.5, 0.6) is 0 Å². The molecule has 2 heterocycles. The second kappa shape index (κ2) is 9.52. The number of rotatable bonds is 9. The third kappa shape index (κ3) is 4.60. The molecule has 33 heavy (non-hydrogen) atoms. The Morgan fingerprint density at radius 2 is 1.79 bits per heavy atom. The van der Waals surface area contributed by atoms with Gasteiger partial charge in [-0.1, -0.05) is 62.7 Å². The van der Waals surface area contributed by atoms with Crippen molar-refractivity contribution in [1.82, 2.24) is 19.9 Å². The van der Waals surface area contributed by atoms with Crippen molar-refractivity contribution in [2.45, 2.75) is 59.0 Å². The Balaban J connectivity index is 1.40. The Kier molecular flexibility index (Phi) is 6.32. The molecule has 1 fully saturated rings. The lowest BCUT2D eigenvalue weighted by molar-refractivity contribution is 0.206. The molecular formula is C28H35N5. The van der Waals surface area contributed by atoms with E-state index in [-0.39, 0.29) is 0 Å². The molecule has 172 valence electrons. The maximum absolute atomic E-state index is 6.34. The fourth-order valence-corrected chi connectivity index (χ4v) is 5.20. The first kappa shape index (κ1) is 21.9. The van der Waals surface area contributed by atoms with Crippen LogP contribution < -0.4 is 11.1 Å². The molecule has 1 aliphatic carbocycles. The lowest BCUT2D eigenvalue weighted by Crippen LogP contribution is -2.31. The molecular weight excluding hydrogens is 406 g/mol. The van der Waals surface area contributed by atoms with Crippen LogP contribution >= 0.6 is 0 Å². The van der Waals surface area contributed by atoms with Gasteiger partial charge < -0.3 is 15.6 Å². The highest BCUT2D eigenvalue weighted by molar-refractivity contribution is 6.06. The summed E-state index contributed by atoms with van der Waals surface area (Å²) in [6.45, 7) is 7.43. The van der Waals surface area contributed by atoms with Gasteiger partial charge in [0, 0.05) is 24.9 Å². The highest BCUT2D eigenvalue weighted by atomic mass is 15.1. The summed E-state index contributed by atoms with van der Waals surface area (Å²) >= 11 is 0. The van der Waals surface area contributed by atoms with Crippen LogP contribution in [-0.4, -0.2) is 21.1 Å². The van der Waals surface area contributed by atoms with Gasteiger partial charge in [0.1, 0.15) is 11.3 Å². The average molecular weight is 442 g/mol. The number of nitrogens with one attached hydrogen (secondary N) is 1. The van der Waals surface area contributed by atoms with Crippen LogP contribution in [0, 0.1) is 11.8 Å². The SMILES string of the molecule is CCCCc1nc2c(N)nc3ccccc3c2n1Cc1ccc(CNCC2CC(C)C2)cc1. The van der Waals surface area contributed by atoms with Crippen molar-refractivity contribution in [3.05, 3.63) is 65.5 Å². The molecule has 0 saturated heterocycles. The van der Waals surface area contributed by atoms with Crippen molar-refractivity contribution in [1.29, 1.82) is 0 Å². The zero-order valence-electron chi connectivity index (χ0n) is 19.8. The minimum Gasteiger partial charge on any atom is -0.382 e. The molecule has 1 aliphatic rings. The fourth-order valence-electron chi connectivity index (χ4n) is 5.20. The number of nitrogen functional groups attached to an aromatic ring is 1. The summed E-state index contributed by atoms with van der Waals surface area (Å²) in [4.78, 5) is 9.56. The van der Waals surface area contributed by atoms with Gasteiger partial charge in [-0.25, -0.2) is 9.97 Å². The third-order valence-electron chi connectivity index (χ3n) is 7.04. The number of imidazole rings is 1. The molecule has 0 atom stereocenters.